The van der Waals surface area contributed by atoms with Crippen LogP contribution in [0.25, 0.3) is 0 Å². The Morgan fingerprint density at radius 2 is 1.91 bits per heavy atom. The molecule has 0 spiro atoms. The van der Waals surface area contributed by atoms with E-state index >= 15 is 0 Å². The van der Waals surface area contributed by atoms with Gasteiger partial charge in [0.15, 0.2) is 5.96 Å². The Labute approximate surface area is 156 Å². The average molecular weight is 443 g/mol. The van der Waals surface area contributed by atoms with E-state index in [-0.39, 0.29) is 35.9 Å². The number of methoxy groups -OCH3 is 2. The summed E-state index contributed by atoms with van der Waals surface area (Å²) in [4.78, 5) is 18.3. The Hall–Kier alpha value is -0.610. The van der Waals surface area contributed by atoms with Crippen LogP contribution >= 0.6 is 24.0 Å². The SMILES string of the molecule is CCNC(=NCCOCCOC)N1CCC(C(=O)OC)CC1.I. The molecular weight excluding hydrogens is 413 g/mol. The lowest BCUT2D eigenvalue weighted by molar-refractivity contribution is -0.146. The van der Waals surface area contributed by atoms with E-state index in [0.717, 1.165) is 38.4 Å². The van der Waals surface area contributed by atoms with E-state index in [4.69, 9.17) is 14.2 Å². The smallest absolute Gasteiger partial charge is 0.308 e. The average Bonchev–Trinajstić information content (AvgIpc) is 2.56. The van der Waals surface area contributed by atoms with Crippen LogP contribution in [0.5, 0.6) is 0 Å². The van der Waals surface area contributed by atoms with Crippen LogP contribution in [0, 0.1) is 5.92 Å². The summed E-state index contributed by atoms with van der Waals surface area (Å²) >= 11 is 0. The van der Waals surface area contributed by atoms with E-state index in [9.17, 15) is 4.79 Å². The molecule has 1 N–H and O–H groups in total. The van der Waals surface area contributed by atoms with Gasteiger partial charge < -0.3 is 24.4 Å². The molecule has 0 radical (unpaired) electrons. The first-order valence-electron chi connectivity index (χ1n) is 7.90. The second-order valence-corrected chi connectivity index (χ2v) is 5.13. The summed E-state index contributed by atoms with van der Waals surface area (Å²) in [5.41, 5.74) is 0. The molecule has 1 fully saturated rings. The van der Waals surface area contributed by atoms with Crippen molar-refractivity contribution in [1.29, 1.82) is 0 Å². The molecule has 0 aromatic carbocycles. The van der Waals surface area contributed by atoms with Crippen LogP contribution in [0.1, 0.15) is 19.8 Å². The Bertz CT molecular complexity index is 348. The monoisotopic (exact) mass is 443 g/mol. The Morgan fingerprint density at radius 1 is 1.22 bits per heavy atom. The number of hydrogen-bond acceptors (Lipinski definition) is 5. The van der Waals surface area contributed by atoms with Gasteiger partial charge in [-0.15, -0.1) is 24.0 Å². The van der Waals surface area contributed by atoms with Crippen LogP contribution in [0.15, 0.2) is 4.99 Å². The maximum Gasteiger partial charge on any atom is 0.308 e. The normalized spacial score (nSPS) is 16.0. The molecule has 0 aromatic heterocycles. The fourth-order valence-corrected chi connectivity index (χ4v) is 2.38. The molecule has 0 atom stereocenters. The van der Waals surface area contributed by atoms with Crippen molar-refractivity contribution < 1.29 is 19.0 Å². The highest BCUT2D eigenvalue weighted by Crippen LogP contribution is 2.18. The number of hydrogen-bond donors (Lipinski definition) is 1. The Kier molecular flexibility index (Phi) is 13.4. The van der Waals surface area contributed by atoms with Crippen molar-refractivity contribution in [3.05, 3.63) is 0 Å². The van der Waals surface area contributed by atoms with Crippen molar-refractivity contribution in [2.75, 3.05) is 60.2 Å². The number of esters is 1. The van der Waals surface area contributed by atoms with Crippen molar-refractivity contribution in [3.63, 3.8) is 0 Å². The van der Waals surface area contributed by atoms with Gasteiger partial charge in [0.05, 0.1) is 39.4 Å². The lowest BCUT2D eigenvalue weighted by atomic mass is 9.97. The minimum atomic E-state index is -0.104. The van der Waals surface area contributed by atoms with Gasteiger partial charge in [0.25, 0.3) is 0 Å². The van der Waals surface area contributed by atoms with E-state index in [1.54, 1.807) is 7.11 Å². The highest BCUT2D eigenvalue weighted by molar-refractivity contribution is 14.0. The fourth-order valence-electron chi connectivity index (χ4n) is 2.38. The first kappa shape index (κ1) is 22.4. The maximum atomic E-state index is 11.6. The number of guanidine groups is 1. The molecule has 1 aliphatic rings. The second-order valence-electron chi connectivity index (χ2n) is 5.13. The van der Waals surface area contributed by atoms with E-state index in [2.05, 4.69) is 15.2 Å². The number of carbonyl (C=O) groups excluding carboxylic acids is 1. The van der Waals surface area contributed by atoms with Crippen molar-refractivity contribution in [2.45, 2.75) is 19.8 Å². The lowest BCUT2D eigenvalue weighted by Gasteiger charge is -2.33. The molecule has 23 heavy (non-hydrogen) atoms. The number of piperidine rings is 1. The predicted octanol–water partition coefficient (Wildman–Crippen LogP) is 1.12. The summed E-state index contributed by atoms with van der Waals surface area (Å²) in [7, 11) is 3.10. The van der Waals surface area contributed by atoms with E-state index in [1.807, 2.05) is 6.92 Å². The zero-order valence-electron chi connectivity index (χ0n) is 14.4. The summed E-state index contributed by atoms with van der Waals surface area (Å²) in [5, 5.41) is 3.29. The first-order chi connectivity index (χ1) is 10.7. The number of carbonyl (C=O) groups is 1. The third-order valence-corrected chi connectivity index (χ3v) is 3.59. The first-order valence-corrected chi connectivity index (χ1v) is 7.90. The molecule has 1 saturated heterocycles. The number of ether oxygens (including phenoxy) is 3. The van der Waals surface area contributed by atoms with Crippen LogP contribution < -0.4 is 5.32 Å². The minimum Gasteiger partial charge on any atom is -0.469 e. The molecule has 1 heterocycles. The molecule has 136 valence electrons. The molecule has 0 amide bonds. The van der Waals surface area contributed by atoms with Crippen molar-refractivity contribution in [3.8, 4) is 0 Å². The van der Waals surface area contributed by atoms with Gasteiger partial charge in [-0.1, -0.05) is 0 Å². The molecule has 7 nitrogen and oxygen atoms in total. The predicted molar refractivity (Wildman–Crippen MR) is 100 cm³/mol. The number of nitrogens with zero attached hydrogens (tertiary/aromatic N) is 2. The molecule has 1 rings (SSSR count). The fraction of sp³-hybridized carbons (Fsp3) is 0.867. The molecule has 0 saturated carbocycles. The number of halogens is 1. The topological polar surface area (TPSA) is 72.4 Å². The molecule has 0 bridgehead atoms. The van der Waals surface area contributed by atoms with Crippen LogP contribution in [0.4, 0.5) is 0 Å². The van der Waals surface area contributed by atoms with Crippen LogP contribution in [-0.2, 0) is 19.0 Å². The molecule has 0 aliphatic carbocycles. The van der Waals surface area contributed by atoms with Gasteiger partial charge in [0.2, 0.25) is 0 Å². The highest BCUT2D eigenvalue weighted by Gasteiger charge is 2.26. The van der Waals surface area contributed by atoms with Crippen molar-refractivity contribution in [1.82, 2.24) is 10.2 Å². The summed E-state index contributed by atoms with van der Waals surface area (Å²) in [6.45, 7) is 6.89. The maximum absolute atomic E-state index is 11.6. The van der Waals surface area contributed by atoms with Gasteiger partial charge in [-0.05, 0) is 19.8 Å². The highest BCUT2D eigenvalue weighted by atomic mass is 127. The van der Waals surface area contributed by atoms with Gasteiger partial charge in [-0.25, -0.2) is 0 Å². The molecule has 0 aromatic rings. The number of nitrogens with one attached hydrogen (secondary N) is 1. The summed E-state index contributed by atoms with van der Waals surface area (Å²) < 4.78 is 15.2. The number of likely N-dealkylation sites (tertiary alicyclic amines) is 1. The number of rotatable bonds is 8. The standard InChI is InChI=1S/C15H29N3O4.HI/c1-4-16-15(17-7-10-22-12-11-20-2)18-8-5-13(6-9-18)14(19)21-3;/h13H,4-12H2,1-3H3,(H,16,17);1H. The quantitative estimate of drug-likeness (QED) is 0.199. The van der Waals surface area contributed by atoms with Crippen LogP contribution in [-0.4, -0.2) is 77.0 Å². The van der Waals surface area contributed by atoms with E-state index in [0.29, 0.717) is 26.4 Å². The summed E-state index contributed by atoms with van der Waals surface area (Å²) in [6.07, 6.45) is 1.61. The van der Waals surface area contributed by atoms with Gasteiger partial charge in [0, 0.05) is 26.7 Å². The third-order valence-electron chi connectivity index (χ3n) is 3.59. The van der Waals surface area contributed by atoms with Crippen molar-refractivity contribution >= 4 is 35.9 Å². The minimum absolute atomic E-state index is 0. The second kappa shape index (κ2) is 13.8. The van der Waals surface area contributed by atoms with E-state index < -0.39 is 0 Å². The largest absolute Gasteiger partial charge is 0.469 e. The van der Waals surface area contributed by atoms with Gasteiger partial charge in [0.1, 0.15) is 0 Å². The zero-order valence-corrected chi connectivity index (χ0v) is 16.7. The van der Waals surface area contributed by atoms with Crippen molar-refractivity contribution in [2.24, 2.45) is 10.9 Å². The lowest BCUT2D eigenvalue weighted by Crippen LogP contribution is -2.46. The molecular formula is C15H30IN3O4. The van der Waals surface area contributed by atoms with Gasteiger partial charge in [-0.3, -0.25) is 9.79 Å². The molecule has 8 heteroatoms. The van der Waals surface area contributed by atoms with E-state index in [1.165, 1.54) is 7.11 Å². The zero-order chi connectivity index (χ0) is 16.2. The van der Waals surface area contributed by atoms with Crippen LogP contribution in [0.2, 0.25) is 0 Å². The Balaban J connectivity index is 0.00000484. The third kappa shape index (κ3) is 8.71. The number of aliphatic imine (C=N–C) groups is 1. The summed E-state index contributed by atoms with van der Waals surface area (Å²) in [5.74, 6) is 0.802. The Morgan fingerprint density at radius 3 is 2.48 bits per heavy atom. The van der Waals surface area contributed by atoms with Gasteiger partial charge in [-0.2, -0.15) is 0 Å². The van der Waals surface area contributed by atoms with Crippen LogP contribution in [0.3, 0.4) is 0 Å². The van der Waals surface area contributed by atoms with Gasteiger partial charge >= 0.3 is 5.97 Å². The molecule has 0 unspecified atom stereocenters. The molecule has 1 aliphatic heterocycles. The summed E-state index contributed by atoms with van der Waals surface area (Å²) in [6, 6.07) is 0.